The van der Waals surface area contributed by atoms with Gasteiger partial charge in [-0.1, -0.05) is 12.8 Å². The molecular formula is C48H90N4O27P2-2. The number of rotatable bonds is 43. The predicted molar refractivity (Wildman–Crippen MR) is 277 cm³/mol. The molecule has 0 aromatic heterocycles. The molecule has 0 saturated carbocycles. The molecule has 81 heavy (non-hydrogen) atoms. The van der Waals surface area contributed by atoms with Crippen LogP contribution in [-0.2, 0) is 84.3 Å². The van der Waals surface area contributed by atoms with Crippen molar-refractivity contribution in [2.45, 2.75) is 191 Å². The molecular weight excluding hydrogens is 1130 g/mol. The topological polar surface area (TPSA) is 449 Å². The van der Waals surface area contributed by atoms with E-state index in [1.807, 2.05) is 0 Å². The Balaban J connectivity index is 1.58. The average molecular weight is 1220 g/mol. The number of amides is 4. The Morgan fingerprint density at radius 3 is 1.37 bits per heavy atom. The Kier molecular flexibility index (Phi) is 36.1. The fourth-order valence-corrected chi connectivity index (χ4v) is 9.35. The van der Waals surface area contributed by atoms with E-state index in [-0.39, 0.29) is 78.9 Å². The lowest BCUT2D eigenvalue weighted by Crippen LogP contribution is -2.64. The molecule has 2 aliphatic heterocycles. The third-order valence-electron chi connectivity index (χ3n) is 12.1. The summed E-state index contributed by atoms with van der Waals surface area (Å²) in [4.78, 5) is 73.8. The van der Waals surface area contributed by atoms with Crippen molar-refractivity contribution in [1.29, 1.82) is 0 Å². The van der Waals surface area contributed by atoms with E-state index >= 15 is 0 Å². The molecule has 16 atom stereocenters. The first-order valence-electron chi connectivity index (χ1n) is 27.0. The lowest BCUT2D eigenvalue weighted by atomic mass is 9.97. The summed E-state index contributed by atoms with van der Waals surface area (Å²) in [5.74, 6) is -1.86. The summed E-state index contributed by atoms with van der Waals surface area (Å²) < 4.78 is 89.1. The van der Waals surface area contributed by atoms with Gasteiger partial charge in [-0.05, 0) is 60.3 Å². The highest BCUT2D eigenvalue weighted by molar-refractivity contribution is 7.46. The van der Waals surface area contributed by atoms with Crippen LogP contribution >= 0.6 is 15.6 Å². The number of hydrogen-bond donors (Lipinski definition) is 11. The molecule has 476 valence electrons. The molecule has 0 bridgehead atoms. The molecule has 0 spiro atoms. The molecule has 2 saturated heterocycles. The highest BCUT2D eigenvalue weighted by Gasteiger charge is 2.46. The third-order valence-corrected chi connectivity index (χ3v) is 14.2. The van der Waals surface area contributed by atoms with Crippen molar-refractivity contribution in [2.24, 2.45) is 0 Å². The van der Waals surface area contributed by atoms with Gasteiger partial charge in [-0.15, -0.1) is 0 Å². The Morgan fingerprint density at radius 1 is 0.568 bits per heavy atom. The SMILES string of the molecule is CC(=O)NC1[C@H](OCCCCCC(=O)NC(COP(=O)([O-])OCCOCCOCCOCCOP(=O)([O-])OC(C)C(COC(C)(C)C)NC(=O)CCCCCO[C@@H]2OC(CO)[C@H](O)[C@H](O)C2NC(C)=O)C(C)O)OC(CO)[C@H](O)[C@@H]1O. The molecule has 10 unspecified atom stereocenters. The zero-order chi connectivity index (χ0) is 60.8. The summed E-state index contributed by atoms with van der Waals surface area (Å²) >= 11 is 0. The van der Waals surface area contributed by atoms with Gasteiger partial charge in [0.05, 0.1) is 109 Å². The van der Waals surface area contributed by atoms with Gasteiger partial charge < -0.3 is 123 Å². The Hall–Kier alpha value is -2.50. The lowest BCUT2D eigenvalue weighted by molar-refractivity contribution is -0.270. The minimum atomic E-state index is -4.89. The van der Waals surface area contributed by atoms with Crippen LogP contribution in [0.15, 0.2) is 0 Å². The summed E-state index contributed by atoms with van der Waals surface area (Å²) in [6.07, 6.45) is -9.87. The van der Waals surface area contributed by atoms with Gasteiger partial charge in [0.15, 0.2) is 12.6 Å². The molecule has 2 fully saturated rings. The summed E-state index contributed by atoms with van der Waals surface area (Å²) in [5, 5.41) is 80.4. The van der Waals surface area contributed by atoms with E-state index in [4.69, 9.17) is 56.0 Å². The van der Waals surface area contributed by atoms with Crippen molar-refractivity contribution >= 4 is 39.3 Å². The van der Waals surface area contributed by atoms with Gasteiger partial charge in [-0.2, -0.15) is 0 Å². The van der Waals surface area contributed by atoms with Crippen molar-refractivity contribution in [3.63, 3.8) is 0 Å². The van der Waals surface area contributed by atoms with Crippen LogP contribution in [0, 0.1) is 0 Å². The Labute approximate surface area is 472 Å². The standard InChI is InChI=1S/C48H92N4O27P2/c1-30(55)34(51-38(58)14-10-8-12-16-71-46-40(49-32(3)56)44(62)42(60)36(26-53)77-46)29-76-80(64,65)74-24-22-69-20-18-68-19-21-70-23-25-75-81(66,67)79-31(2)35(28-73-48(5,6)7)52-39(59)15-11-9-13-17-72-47-41(50-33(4)57)45(63)43(61)37(27-54)78-47/h30-31,34-37,40-47,53-55,60-63H,8-29H2,1-7H3,(H,49,56)(H,50,57)(H,51,58)(H,52,59)(H,64,65)(H,66,67)/p-2/t30?,31?,34?,35?,36?,37?,40?,41?,42-,43-,44+,45+,46+,47+/m0/s1. The zero-order valence-corrected chi connectivity index (χ0v) is 49.1. The largest absolute Gasteiger partial charge is 0.756 e. The van der Waals surface area contributed by atoms with Crippen LogP contribution in [0.25, 0.3) is 0 Å². The van der Waals surface area contributed by atoms with Crippen LogP contribution in [0.2, 0.25) is 0 Å². The van der Waals surface area contributed by atoms with Crippen LogP contribution < -0.4 is 31.1 Å². The first-order chi connectivity index (χ1) is 38.1. The number of aliphatic hydroxyl groups is 7. The molecule has 2 aliphatic rings. The molecule has 4 amide bonds. The molecule has 31 nitrogen and oxygen atoms in total. The maximum Gasteiger partial charge on any atom is 0.268 e. The molecule has 0 aromatic carbocycles. The predicted octanol–water partition coefficient (Wildman–Crippen LogP) is -3.37. The number of carbonyl (C=O) groups is 4. The Morgan fingerprint density at radius 2 is 0.975 bits per heavy atom. The van der Waals surface area contributed by atoms with E-state index in [0.717, 1.165) is 0 Å². The van der Waals surface area contributed by atoms with Gasteiger partial charge in [-0.25, -0.2) is 0 Å². The maximum absolute atomic E-state index is 12.9. The van der Waals surface area contributed by atoms with E-state index in [1.165, 1.54) is 27.7 Å². The fourth-order valence-electron chi connectivity index (χ4n) is 7.72. The number of unbranched alkanes of at least 4 members (excludes halogenated alkanes) is 4. The van der Waals surface area contributed by atoms with E-state index in [9.17, 15) is 73.8 Å². The van der Waals surface area contributed by atoms with Crippen molar-refractivity contribution in [1.82, 2.24) is 21.3 Å². The van der Waals surface area contributed by atoms with Crippen molar-refractivity contribution in [3.8, 4) is 0 Å². The first kappa shape index (κ1) is 74.6. The summed E-state index contributed by atoms with van der Waals surface area (Å²) in [6.45, 7) is 8.11. The van der Waals surface area contributed by atoms with Crippen LogP contribution in [-0.4, -0.2) is 243 Å². The van der Waals surface area contributed by atoms with E-state index in [0.29, 0.717) is 38.5 Å². The van der Waals surface area contributed by atoms with Gasteiger partial charge in [0.1, 0.15) is 48.7 Å². The lowest BCUT2D eigenvalue weighted by Gasteiger charge is -2.42. The van der Waals surface area contributed by atoms with Gasteiger partial charge in [0.2, 0.25) is 23.6 Å². The van der Waals surface area contributed by atoms with Crippen LogP contribution in [0.1, 0.15) is 99.8 Å². The number of aliphatic hydroxyl groups excluding tert-OH is 7. The number of ether oxygens (including phenoxy) is 8. The maximum atomic E-state index is 12.9. The minimum Gasteiger partial charge on any atom is -0.756 e. The number of nitrogens with one attached hydrogen (secondary N) is 4. The van der Waals surface area contributed by atoms with Crippen molar-refractivity contribution in [3.05, 3.63) is 0 Å². The molecule has 11 N–H and O–H groups in total. The van der Waals surface area contributed by atoms with Crippen LogP contribution in [0.3, 0.4) is 0 Å². The summed E-state index contributed by atoms with van der Waals surface area (Å²) in [7, 11) is -9.75. The van der Waals surface area contributed by atoms with E-state index in [1.54, 1.807) is 20.8 Å². The number of phosphoric acid groups is 2. The number of carbonyl (C=O) groups excluding carboxylic acids is 4. The quantitative estimate of drug-likeness (QED) is 0.0210. The van der Waals surface area contributed by atoms with Crippen molar-refractivity contribution in [2.75, 3.05) is 92.5 Å². The molecule has 0 aromatic rings. The van der Waals surface area contributed by atoms with E-state index in [2.05, 4.69) is 21.3 Å². The second-order valence-electron chi connectivity index (χ2n) is 20.2. The summed E-state index contributed by atoms with van der Waals surface area (Å²) in [6, 6.07) is -4.15. The molecule has 2 heterocycles. The molecule has 0 aliphatic carbocycles. The summed E-state index contributed by atoms with van der Waals surface area (Å²) in [5.41, 5.74) is -0.633. The smallest absolute Gasteiger partial charge is 0.268 e. The molecule has 2 rings (SSSR count). The van der Waals surface area contributed by atoms with Crippen LogP contribution in [0.4, 0.5) is 0 Å². The van der Waals surface area contributed by atoms with Gasteiger partial charge in [0.25, 0.3) is 15.6 Å². The monoisotopic (exact) mass is 1220 g/mol. The normalized spacial score (nSPS) is 26.3. The third kappa shape index (κ3) is 31.5. The average Bonchev–Trinajstić information content (AvgIpc) is 3.41. The van der Waals surface area contributed by atoms with Crippen molar-refractivity contribution < 1.29 is 130 Å². The zero-order valence-electron chi connectivity index (χ0n) is 47.3. The second kappa shape index (κ2) is 39.2. The molecule has 33 heteroatoms. The highest BCUT2D eigenvalue weighted by atomic mass is 31.2. The number of phosphoric ester groups is 2. The van der Waals surface area contributed by atoms with Gasteiger partial charge in [0, 0.05) is 39.9 Å². The Bertz CT molecular complexity index is 1890. The van der Waals surface area contributed by atoms with Gasteiger partial charge in [-0.3, -0.25) is 28.3 Å². The second-order valence-corrected chi connectivity index (χ2v) is 23.0. The highest BCUT2D eigenvalue weighted by Crippen LogP contribution is 2.40. The molecule has 0 radical (unpaired) electrons. The van der Waals surface area contributed by atoms with Crippen LogP contribution in [0.5, 0.6) is 0 Å². The van der Waals surface area contributed by atoms with E-state index < -0.39 is 157 Å². The first-order valence-corrected chi connectivity index (χ1v) is 29.9. The van der Waals surface area contributed by atoms with Gasteiger partial charge >= 0.3 is 0 Å². The minimum absolute atomic E-state index is 0.0153. The fraction of sp³-hybridized carbons (Fsp3) is 0.917. The number of hydrogen-bond acceptors (Lipinski definition) is 27.